The molecule has 1 rings (SSSR count). The number of nitrogens with two attached hydrogens (primary N) is 1. The van der Waals surface area contributed by atoms with Crippen LogP contribution < -0.4 is 10.5 Å². The first-order valence-electron chi connectivity index (χ1n) is 5.23. The van der Waals surface area contributed by atoms with Crippen molar-refractivity contribution in [1.29, 1.82) is 0 Å². The summed E-state index contributed by atoms with van der Waals surface area (Å²) >= 11 is 4.13. The van der Waals surface area contributed by atoms with Gasteiger partial charge < -0.3 is 10.5 Å². The number of hydrogen-bond acceptors (Lipinski definition) is 4. The first-order valence-corrected chi connectivity index (χ1v) is 5.86. The van der Waals surface area contributed by atoms with Crippen molar-refractivity contribution in [2.24, 2.45) is 5.73 Å². The number of ether oxygens (including phenoxy) is 1. The first-order chi connectivity index (χ1) is 7.33. The van der Waals surface area contributed by atoms with E-state index in [1.165, 1.54) is 0 Å². The Balaban J connectivity index is 0.00000225. The third kappa shape index (κ3) is 6.93. The minimum absolute atomic E-state index is 0. The molecule has 0 fully saturated rings. The summed E-state index contributed by atoms with van der Waals surface area (Å²) in [5, 5.41) is 0. The molecule has 5 heteroatoms. The molecule has 1 unspecified atom stereocenters. The Labute approximate surface area is 109 Å². The smallest absolute Gasteiger partial charge is 0.213 e. The topological polar surface area (TPSA) is 48.1 Å². The number of nitrogens with zero attached hydrogens (tertiary/aromatic N) is 1. The Kier molecular flexibility index (Phi) is 9.48. The van der Waals surface area contributed by atoms with Crippen LogP contribution >= 0.6 is 25.0 Å². The Hall–Kier alpha value is -0.450. The summed E-state index contributed by atoms with van der Waals surface area (Å²) in [6, 6.07) is 5.86. The summed E-state index contributed by atoms with van der Waals surface area (Å²) in [7, 11) is 0. The molecule has 0 aliphatic carbocycles. The lowest BCUT2D eigenvalue weighted by Gasteiger charge is -2.08. The van der Waals surface area contributed by atoms with Gasteiger partial charge in [-0.25, -0.2) is 4.98 Å². The van der Waals surface area contributed by atoms with Crippen LogP contribution in [0.5, 0.6) is 5.88 Å². The van der Waals surface area contributed by atoms with Crippen LogP contribution in [0.15, 0.2) is 24.4 Å². The number of hydrogen-bond donors (Lipinski definition) is 2. The molecule has 1 atom stereocenters. The SMILES string of the molecule is Cl.NC(CS)CCCCOc1ccccn1. The zero-order valence-electron chi connectivity index (χ0n) is 9.21. The maximum absolute atomic E-state index is 5.74. The molecule has 0 aliphatic rings. The number of pyridine rings is 1. The van der Waals surface area contributed by atoms with Gasteiger partial charge in [-0.2, -0.15) is 12.6 Å². The summed E-state index contributed by atoms with van der Waals surface area (Å²) in [5.74, 6) is 1.44. The zero-order valence-corrected chi connectivity index (χ0v) is 10.9. The summed E-state index contributed by atoms with van der Waals surface area (Å²) in [6.45, 7) is 0.705. The van der Waals surface area contributed by atoms with Crippen molar-refractivity contribution in [2.45, 2.75) is 25.3 Å². The molecule has 0 aliphatic heterocycles. The molecule has 16 heavy (non-hydrogen) atoms. The molecular formula is C11H19ClN2OS. The van der Waals surface area contributed by atoms with Crippen LogP contribution in [0.1, 0.15) is 19.3 Å². The highest BCUT2D eigenvalue weighted by molar-refractivity contribution is 7.80. The lowest BCUT2D eigenvalue weighted by Crippen LogP contribution is -2.21. The molecule has 1 aromatic heterocycles. The van der Waals surface area contributed by atoms with E-state index in [1.807, 2.05) is 18.2 Å². The van der Waals surface area contributed by atoms with Crippen molar-refractivity contribution in [1.82, 2.24) is 4.98 Å². The molecule has 0 saturated heterocycles. The van der Waals surface area contributed by atoms with Crippen LogP contribution in [0, 0.1) is 0 Å². The fourth-order valence-electron chi connectivity index (χ4n) is 1.21. The van der Waals surface area contributed by atoms with Crippen molar-refractivity contribution in [2.75, 3.05) is 12.4 Å². The molecular weight excluding hydrogens is 244 g/mol. The summed E-state index contributed by atoms with van der Waals surface area (Å²) in [4.78, 5) is 4.07. The van der Waals surface area contributed by atoms with Crippen molar-refractivity contribution in [3.8, 4) is 5.88 Å². The monoisotopic (exact) mass is 262 g/mol. The number of rotatable bonds is 7. The Bertz CT molecular complexity index is 261. The predicted octanol–water partition coefficient (Wildman–Crippen LogP) is 2.31. The average molecular weight is 263 g/mol. The van der Waals surface area contributed by atoms with Gasteiger partial charge in [0.2, 0.25) is 5.88 Å². The molecule has 0 aromatic carbocycles. The lowest BCUT2D eigenvalue weighted by atomic mass is 10.1. The van der Waals surface area contributed by atoms with Gasteiger partial charge in [-0.05, 0) is 25.3 Å². The predicted molar refractivity (Wildman–Crippen MR) is 72.7 cm³/mol. The summed E-state index contributed by atoms with van der Waals surface area (Å²) in [5.41, 5.74) is 5.74. The van der Waals surface area contributed by atoms with Gasteiger partial charge in [-0.1, -0.05) is 6.07 Å². The maximum Gasteiger partial charge on any atom is 0.213 e. The van der Waals surface area contributed by atoms with Crippen LogP contribution in [0.4, 0.5) is 0 Å². The highest BCUT2D eigenvalue weighted by Crippen LogP contribution is 2.05. The summed E-state index contributed by atoms with van der Waals surface area (Å²) < 4.78 is 5.45. The van der Waals surface area contributed by atoms with Crippen LogP contribution in [-0.2, 0) is 0 Å². The first kappa shape index (κ1) is 15.6. The van der Waals surface area contributed by atoms with Gasteiger partial charge in [-0.15, -0.1) is 12.4 Å². The fourth-order valence-corrected chi connectivity index (χ4v) is 1.39. The van der Waals surface area contributed by atoms with E-state index in [2.05, 4.69) is 17.6 Å². The highest BCUT2D eigenvalue weighted by Gasteiger charge is 1.99. The fraction of sp³-hybridized carbons (Fsp3) is 0.545. The molecule has 0 radical (unpaired) electrons. The van der Waals surface area contributed by atoms with Crippen molar-refractivity contribution < 1.29 is 4.74 Å². The third-order valence-electron chi connectivity index (χ3n) is 2.09. The molecule has 0 spiro atoms. The molecule has 92 valence electrons. The van der Waals surface area contributed by atoms with Crippen molar-refractivity contribution in [3.63, 3.8) is 0 Å². The van der Waals surface area contributed by atoms with Crippen LogP contribution in [-0.4, -0.2) is 23.4 Å². The van der Waals surface area contributed by atoms with Gasteiger partial charge in [-0.3, -0.25) is 0 Å². The molecule has 0 bridgehead atoms. The number of aromatic nitrogens is 1. The molecule has 2 N–H and O–H groups in total. The summed E-state index contributed by atoms with van der Waals surface area (Å²) in [6.07, 6.45) is 4.83. The third-order valence-corrected chi connectivity index (χ3v) is 2.56. The second kappa shape index (κ2) is 9.75. The van der Waals surface area contributed by atoms with E-state index in [4.69, 9.17) is 10.5 Å². The van der Waals surface area contributed by atoms with Crippen LogP contribution in [0.3, 0.4) is 0 Å². The van der Waals surface area contributed by atoms with E-state index >= 15 is 0 Å². The van der Waals surface area contributed by atoms with E-state index in [9.17, 15) is 0 Å². The van der Waals surface area contributed by atoms with Crippen LogP contribution in [0.25, 0.3) is 0 Å². The van der Waals surface area contributed by atoms with E-state index in [0.717, 1.165) is 25.0 Å². The normalized spacial score (nSPS) is 11.6. The van der Waals surface area contributed by atoms with Crippen LogP contribution in [0.2, 0.25) is 0 Å². The number of thiol groups is 1. The van der Waals surface area contributed by atoms with E-state index in [0.29, 0.717) is 12.5 Å². The van der Waals surface area contributed by atoms with Crippen molar-refractivity contribution in [3.05, 3.63) is 24.4 Å². The Morgan fingerprint density at radius 2 is 2.19 bits per heavy atom. The average Bonchev–Trinajstić information content (AvgIpc) is 2.29. The number of halogens is 1. The van der Waals surface area contributed by atoms with E-state index in [-0.39, 0.29) is 18.4 Å². The molecule has 3 nitrogen and oxygen atoms in total. The van der Waals surface area contributed by atoms with Gasteiger partial charge in [0.05, 0.1) is 6.61 Å². The second-order valence-electron chi connectivity index (χ2n) is 3.45. The van der Waals surface area contributed by atoms with Gasteiger partial charge in [0, 0.05) is 24.1 Å². The number of unbranched alkanes of at least 4 members (excludes halogenated alkanes) is 1. The molecule has 0 amide bonds. The van der Waals surface area contributed by atoms with Gasteiger partial charge in [0.15, 0.2) is 0 Å². The largest absolute Gasteiger partial charge is 0.478 e. The van der Waals surface area contributed by atoms with Gasteiger partial charge >= 0.3 is 0 Å². The van der Waals surface area contributed by atoms with E-state index < -0.39 is 0 Å². The standard InChI is InChI=1S/C11H18N2OS.ClH/c12-10(9-15)5-2-4-8-14-11-6-1-3-7-13-11;/h1,3,6-7,10,15H,2,4-5,8-9,12H2;1H. The molecule has 0 saturated carbocycles. The van der Waals surface area contributed by atoms with Crippen molar-refractivity contribution >= 4 is 25.0 Å². The Morgan fingerprint density at radius 3 is 2.81 bits per heavy atom. The Morgan fingerprint density at radius 1 is 1.38 bits per heavy atom. The van der Waals surface area contributed by atoms with E-state index in [1.54, 1.807) is 6.20 Å². The molecule has 1 heterocycles. The highest BCUT2D eigenvalue weighted by atomic mass is 35.5. The lowest BCUT2D eigenvalue weighted by molar-refractivity contribution is 0.293. The second-order valence-corrected chi connectivity index (χ2v) is 3.82. The quantitative estimate of drug-likeness (QED) is 0.586. The minimum atomic E-state index is 0. The van der Waals surface area contributed by atoms with Gasteiger partial charge in [0.25, 0.3) is 0 Å². The van der Waals surface area contributed by atoms with Gasteiger partial charge in [0.1, 0.15) is 0 Å². The maximum atomic E-state index is 5.74. The zero-order chi connectivity index (χ0) is 10.9. The minimum Gasteiger partial charge on any atom is -0.478 e. The molecule has 1 aromatic rings.